The summed E-state index contributed by atoms with van der Waals surface area (Å²) in [5, 5.41) is 1.22. The average molecular weight is 256 g/mol. The van der Waals surface area contributed by atoms with E-state index in [9.17, 15) is 0 Å². The van der Waals surface area contributed by atoms with Gasteiger partial charge in [0, 0.05) is 11.4 Å². The molecular weight excluding hydrogens is 232 g/mol. The molecule has 0 aliphatic carbocycles. The third kappa shape index (κ3) is 3.54. The van der Waals surface area contributed by atoms with Crippen LogP contribution in [0.1, 0.15) is 50.4 Å². The molecule has 2 N–H and O–H groups in total. The van der Waals surface area contributed by atoms with Gasteiger partial charge < -0.3 is 5.73 Å². The lowest BCUT2D eigenvalue weighted by Gasteiger charge is -2.14. The summed E-state index contributed by atoms with van der Waals surface area (Å²) in [4.78, 5) is 4.71. The van der Waals surface area contributed by atoms with Crippen LogP contribution in [-0.2, 0) is 0 Å². The minimum atomic E-state index is 0.0575. The smallest absolute Gasteiger partial charge is 0.0708 e. The quantitative estimate of drug-likeness (QED) is 0.862. The first-order valence-electron chi connectivity index (χ1n) is 7.20. The molecule has 0 aliphatic heterocycles. The Hall–Kier alpha value is -1.41. The largest absolute Gasteiger partial charge is 0.323 e. The number of para-hydroxylation sites is 1. The average Bonchev–Trinajstić information content (AvgIpc) is 2.38. The van der Waals surface area contributed by atoms with Gasteiger partial charge in [-0.1, -0.05) is 44.9 Å². The van der Waals surface area contributed by atoms with Crippen LogP contribution in [0.4, 0.5) is 0 Å². The number of nitrogens with zero attached hydrogens (tertiary/aromatic N) is 1. The first-order chi connectivity index (χ1) is 9.08. The predicted molar refractivity (Wildman–Crippen MR) is 82.1 cm³/mol. The molecule has 2 rings (SSSR count). The van der Waals surface area contributed by atoms with E-state index < -0.39 is 0 Å². The summed E-state index contributed by atoms with van der Waals surface area (Å²) in [5.41, 5.74) is 9.62. The number of fused-ring (bicyclic) bond motifs is 1. The summed E-state index contributed by atoms with van der Waals surface area (Å²) in [5.74, 6) is 0.749. The topological polar surface area (TPSA) is 38.9 Å². The summed E-state index contributed by atoms with van der Waals surface area (Å²) in [6.07, 6.45) is 3.43. The van der Waals surface area contributed by atoms with Crippen molar-refractivity contribution in [2.75, 3.05) is 0 Å². The monoisotopic (exact) mass is 256 g/mol. The molecule has 2 nitrogen and oxygen atoms in total. The summed E-state index contributed by atoms with van der Waals surface area (Å²) in [6, 6.07) is 10.5. The fourth-order valence-electron chi connectivity index (χ4n) is 2.46. The van der Waals surface area contributed by atoms with Gasteiger partial charge in [0.2, 0.25) is 0 Å². The van der Waals surface area contributed by atoms with Crippen molar-refractivity contribution < 1.29 is 0 Å². The Morgan fingerprint density at radius 3 is 2.63 bits per heavy atom. The molecule has 0 fully saturated rings. The second-order valence-corrected chi connectivity index (χ2v) is 5.81. The molecule has 0 radical (unpaired) electrons. The van der Waals surface area contributed by atoms with Gasteiger partial charge >= 0.3 is 0 Å². The molecule has 0 saturated carbocycles. The van der Waals surface area contributed by atoms with Crippen molar-refractivity contribution in [2.24, 2.45) is 11.7 Å². The lowest BCUT2D eigenvalue weighted by atomic mass is 10.00. The van der Waals surface area contributed by atoms with Gasteiger partial charge in [0.1, 0.15) is 0 Å². The van der Waals surface area contributed by atoms with E-state index in [0.717, 1.165) is 23.5 Å². The molecule has 1 unspecified atom stereocenters. The van der Waals surface area contributed by atoms with Crippen molar-refractivity contribution in [3.05, 3.63) is 41.6 Å². The predicted octanol–water partition coefficient (Wildman–Crippen LogP) is 4.37. The molecule has 1 heterocycles. The molecule has 1 aromatic carbocycles. The first kappa shape index (κ1) is 14.0. The molecular formula is C17H24N2. The second-order valence-electron chi connectivity index (χ2n) is 5.81. The minimum absolute atomic E-state index is 0.0575. The zero-order valence-electron chi connectivity index (χ0n) is 12.2. The summed E-state index contributed by atoms with van der Waals surface area (Å²) in [6.45, 7) is 6.64. The van der Waals surface area contributed by atoms with Crippen LogP contribution in [0.15, 0.2) is 30.3 Å². The third-order valence-electron chi connectivity index (χ3n) is 3.62. The normalized spacial score (nSPS) is 13.1. The van der Waals surface area contributed by atoms with Crippen LogP contribution in [0.3, 0.4) is 0 Å². The maximum Gasteiger partial charge on any atom is 0.0708 e. The van der Waals surface area contributed by atoms with Crippen molar-refractivity contribution >= 4 is 10.9 Å². The van der Waals surface area contributed by atoms with Crippen LogP contribution in [0, 0.1) is 12.8 Å². The van der Waals surface area contributed by atoms with Gasteiger partial charge in [0.15, 0.2) is 0 Å². The highest BCUT2D eigenvalue weighted by atomic mass is 14.8. The molecule has 1 aromatic heterocycles. The Morgan fingerprint density at radius 1 is 1.16 bits per heavy atom. The molecule has 2 aromatic rings. The van der Waals surface area contributed by atoms with Crippen molar-refractivity contribution in [1.82, 2.24) is 4.98 Å². The first-order valence-corrected chi connectivity index (χ1v) is 7.20. The van der Waals surface area contributed by atoms with Crippen LogP contribution in [0.2, 0.25) is 0 Å². The van der Waals surface area contributed by atoms with E-state index >= 15 is 0 Å². The van der Waals surface area contributed by atoms with Gasteiger partial charge in [-0.2, -0.15) is 0 Å². The number of pyridine rings is 1. The maximum absolute atomic E-state index is 6.28. The Balaban J connectivity index is 2.16. The van der Waals surface area contributed by atoms with Crippen molar-refractivity contribution in [3.63, 3.8) is 0 Å². The molecule has 0 amide bonds. The number of hydrogen-bond acceptors (Lipinski definition) is 2. The zero-order chi connectivity index (χ0) is 13.8. The molecule has 102 valence electrons. The number of aromatic nitrogens is 1. The highest BCUT2D eigenvalue weighted by molar-refractivity contribution is 5.82. The highest BCUT2D eigenvalue weighted by Gasteiger charge is 2.10. The van der Waals surface area contributed by atoms with Gasteiger partial charge in [-0.3, -0.25) is 4.98 Å². The fourth-order valence-corrected chi connectivity index (χ4v) is 2.46. The van der Waals surface area contributed by atoms with Crippen LogP contribution in [0.5, 0.6) is 0 Å². The highest BCUT2D eigenvalue weighted by Crippen LogP contribution is 2.23. The Kier molecular flexibility index (Phi) is 4.54. The molecule has 0 saturated heterocycles. The lowest BCUT2D eigenvalue weighted by molar-refractivity contribution is 0.501. The van der Waals surface area contributed by atoms with Gasteiger partial charge in [-0.05, 0) is 37.0 Å². The summed E-state index contributed by atoms with van der Waals surface area (Å²) in [7, 11) is 0. The molecule has 0 bridgehead atoms. The van der Waals surface area contributed by atoms with E-state index in [1.807, 2.05) is 6.07 Å². The van der Waals surface area contributed by atoms with Gasteiger partial charge in [0.05, 0.1) is 11.2 Å². The van der Waals surface area contributed by atoms with Crippen molar-refractivity contribution in [2.45, 2.75) is 46.1 Å². The van der Waals surface area contributed by atoms with E-state index in [2.05, 4.69) is 45.0 Å². The molecule has 0 aliphatic rings. The van der Waals surface area contributed by atoms with E-state index in [1.165, 1.54) is 23.8 Å². The standard InChI is InChI=1S/C17H24N2/c1-12(2)7-6-9-15(18)17-11-13(3)14-8-4-5-10-16(14)19-17/h4-5,8,10-12,15H,6-7,9,18H2,1-3H3. The molecule has 1 atom stereocenters. The zero-order valence-corrected chi connectivity index (χ0v) is 12.2. The molecule has 19 heavy (non-hydrogen) atoms. The lowest BCUT2D eigenvalue weighted by Crippen LogP contribution is -2.12. The van der Waals surface area contributed by atoms with E-state index in [0.29, 0.717) is 0 Å². The van der Waals surface area contributed by atoms with Crippen molar-refractivity contribution in [3.8, 4) is 0 Å². The fraction of sp³-hybridized carbons (Fsp3) is 0.471. The Labute approximate surface area is 116 Å². The molecule has 2 heteroatoms. The number of nitrogens with two attached hydrogens (primary N) is 1. The van der Waals surface area contributed by atoms with E-state index in [1.54, 1.807) is 0 Å². The van der Waals surface area contributed by atoms with Crippen LogP contribution >= 0.6 is 0 Å². The maximum atomic E-state index is 6.28. The summed E-state index contributed by atoms with van der Waals surface area (Å²) < 4.78 is 0. The van der Waals surface area contributed by atoms with Crippen LogP contribution in [-0.4, -0.2) is 4.98 Å². The number of rotatable bonds is 5. The summed E-state index contributed by atoms with van der Waals surface area (Å²) >= 11 is 0. The Morgan fingerprint density at radius 2 is 1.89 bits per heavy atom. The van der Waals surface area contributed by atoms with Gasteiger partial charge in [0.25, 0.3) is 0 Å². The Bertz CT molecular complexity index is 546. The molecule has 0 spiro atoms. The SMILES string of the molecule is Cc1cc(C(N)CCCC(C)C)nc2ccccc12. The van der Waals surface area contributed by atoms with Crippen LogP contribution in [0.25, 0.3) is 10.9 Å². The van der Waals surface area contributed by atoms with Gasteiger partial charge in [-0.15, -0.1) is 0 Å². The van der Waals surface area contributed by atoms with Crippen molar-refractivity contribution in [1.29, 1.82) is 0 Å². The van der Waals surface area contributed by atoms with Gasteiger partial charge in [-0.25, -0.2) is 0 Å². The van der Waals surface area contributed by atoms with Crippen LogP contribution < -0.4 is 5.73 Å². The number of benzene rings is 1. The second kappa shape index (κ2) is 6.16. The third-order valence-corrected chi connectivity index (χ3v) is 3.62. The number of hydrogen-bond donors (Lipinski definition) is 1. The number of aryl methyl sites for hydroxylation is 1. The van der Waals surface area contributed by atoms with E-state index in [-0.39, 0.29) is 6.04 Å². The minimum Gasteiger partial charge on any atom is -0.323 e. The van der Waals surface area contributed by atoms with E-state index in [4.69, 9.17) is 10.7 Å².